The Kier molecular flexibility index (Phi) is 9.53. The zero-order valence-corrected chi connectivity index (χ0v) is 23.2. The molecule has 1 aliphatic rings. The quantitative estimate of drug-likeness (QED) is 0.208. The average Bonchev–Trinajstić information content (AvgIpc) is 2.92. The van der Waals surface area contributed by atoms with Gasteiger partial charge in [-0.2, -0.15) is 26.3 Å². The average molecular weight is 607 g/mol. The van der Waals surface area contributed by atoms with Gasteiger partial charge in [0.15, 0.2) is 0 Å². The molecule has 2 atom stereocenters. The molecular formula is C27H28F6N2O7. The lowest BCUT2D eigenvalue weighted by Crippen LogP contribution is -2.47. The maximum atomic E-state index is 13.5. The van der Waals surface area contributed by atoms with Gasteiger partial charge in [0.2, 0.25) is 0 Å². The largest absolute Gasteiger partial charge is 0.496 e. The van der Waals surface area contributed by atoms with Gasteiger partial charge < -0.3 is 18.9 Å². The highest BCUT2D eigenvalue weighted by Gasteiger charge is 2.42. The number of methoxy groups -OCH3 is 3. The van der Waals surface area contributed by atoms with E-state index < -0.39 is 65.8 Å². The van der Waals surface area contributed by atoms with E-state index in [-0.39, 0.29) is 41.7 Å². The molecule has 0 fully saturated rings. The summed E-state index contributed by atoms with van der Waals surface area (Å²) in [5.41, 5.74) is -3.41. The Morgan fingerprint density at radius 1 is 0.929 bits per heavy atom. The monoisotopic (exact) mass is 606 g/mol. The van der Waals surface area contributed by atoms with Crippen molar-refractivity contribution in [2.24, 2.45) is 0 Å². The molecule has 1 aliphatic heterocycles. The molecule has 230 valence electrons. The summed E-state index contributed by atoms with van der Waals surface area (Å²) >= 11 is 0. The van der Waals surface area contributed by atoms with Crippen LogP contribution in [0.3, 0.4) is 0 Å². The summed E-state index contributed by atoms with van der Waals surface area (Å²) in [5, 5.41) is 0. The highest BCUT2D eigenvalue weighted by molar-refractivity contribution is 5.96. The predicted octanol–water partition coefficient (Wildman–Crippen LogP) is 6.58. The minimum Gasteiger partial charge on any atom is -0.496 e. The van der Waals surface area contributed by atoms with E-state index in [4.69, 9.17) is 18.9 Å². The predicted molar refractivity (Wildman–Crippen MR) is 135 cm³/mol. The number of rotatable bonds is 6. The number of hydrogen-bond donors (Lipinski definition) is 0. The van der Waals surface area contributed by atoms with Gasteiger partial charge in [-0.3, -0.25) is 9.80 Å². The van der Waals surface area contributed by atoms with Crippen LogP contribution in [0.4, 0.5) is 41.6 Å². The second kappa shape index (κ2) is 12.4. The summed E-state index contributed by atoms with van der Waals surface area (Å²) in [6, 6.07) is 1.83. The van der Waals surface area contributed by atoms with Crippen LogP contribution in [0.2, 0.25) is 0 Å². The van der Waals surface area contributed by atoms with Gasteiger partial charge in [-0.1, -0.05) is 0 Å². The molecule has 0 N–H and O–H groups in total. The SMILES string of the molecule is CCOC(=O)N1c2cc(OC)c(C(=O)OC)cc2[C@@H](N(Cc2cc(C(F)(F)F)cc(C(F)(F)F)c2)C(=O)OC)CC1C. The highest BCUT2D eigenvalue weighted by atomic mass is 19.4. The van der Waals surface area contributed by atoms with Gasteiger partial charge in [0.05, 0.1) is 50.8 Å². The molecule has 1 unspecified atom stereocenters. The lowest BCUT2D eigenvalue weighted by atomic mass is 9.88. The number of carbonyl (C=O) groups is 3. The molecule has 15 heteroatoms. The fourth-order valence-electron chi connectivity index (χ4n) is 4.79. The third-order valence-electron chi connectivity index (χ3n) is 6.63. The van der Waals surface area contributed by atoms with E-state index in [1.54, 1.807) is 13.8 Å². The number of fused-ring (bicyclic) bond motifs is 1. The Morgan fingerprint density at radius 2 is 1.52 bits per heavy atom. The van der Waals surface area contributed by atoms with Crippen molar-refractivity contribution in [3.8, 4) is 5.75 Å². The summed E-state index contributed by atoms with van der Waals surface area (Å²) < 4.78 is 101. The van der Waals surface area contributed by atoms with Crippen molar-refractivity contribution in [2.45, 2.75) is 51.2 Å². The van der Waals surface area contributed by atoms with Gasteiger partial charge in [0, 0.05) is 18.7 Å². The second-order valence-electron chi connectivity index (χ2n) is 9.28. The molecule has 0 aliphatic carbocycles. The van der Waals surface area contributed by atoms with Crippen molar-refractivity contribution in [1.82, 2.24) is 4.90 Å². The normalized spacial score (nSPS) is 16.8. The molecule has 0 radical (unpaired) electrons. The van der Waals surface area contributed by atoms with Gasteiger partial charge in [0.1, 0.15) is 11.3 Å². The molecule has 2 aromatic rings. The topological polar surface area (TPSA) is 94.6 Å². The number of benzene rings is 2. The molecule has 9 nitrogen and oxygen atoms in total. The first-order valence-corrected chi connectivity index (χ1v) is 12.5. The van der Waals surface area contributed by atoms with E-state index in [0.29, 0.717) is 12.1 Å². The zero-order valence-electron chi connectivity index (χ0n) is 23.2. The van der Waals surface area contributed by atoms with Crippen LogP contribution in [0.15, 0.2) is 30.3 Å². The third-order valence-corrected chi connectivity index (χ3v) is 6.63. The Balaban J connectivity index is 2.26. The smallest absolute Gasteiger partial charge is 0.416 e. The number of amides is 2. The summed E-state index contributed by atoms with van der Waals surface area (Å²) in [5.74, 6) is -0.841. The zero-order chi connectivity index (χ0) is 31.6. The van der Waals surface area contributed by atoms with Crippen molar-refractivity contribution < 1.29 is 59.7 Å². The van der Waals surface area contributed by atoms with Crippen LogP contribution in [0.25, 0.3) is 0 Å². The number of halogens is 6. The molecule has 1 heterocycles. The Bertz CT molecular complexity index is 1310. The minimum absolute atomic E-state index is 0.0000592. The number of carbonyl (C=O) groups excluding carboxylic acids is 3. The maximum absolute atomic E-state index is 13.5. The number of alkyl halides is 6. The van der Waals surface area contributed by atoms with E-state index in [1.165, 1.54) is 24.1 Å². The van der Waals surface area contributed by atoms with Crippen LogP contribution >= 0.6 is 0 Å². The van der Waals surface area contributed by atoms with Crippen molar-refractivity contribution in [3.63, 3.8) is 0 Å². The van der Waals surface area contributed by atoms with Crippen molar-refractivity contribution in [2.75, 3.05) is 32.8 Å². The molecule has 0 spiro atoms. The van der Waals surface area contributed by atoms with E-state index in [0.717, 1.165) is 19.1 Å². The molecule has 0 aromatic heterocycles. The molecule has 2 amide bonds. The van der Waals surface area contributed by atoms with Crippen LogP contribution in [-0.4, -0.2) is 57.0 Å². The molecule has 0 saturated carbocycles. The molecular weight excluding hydrogens is 578 g/mol. The Hall–Kier alpha value is -4.17. The third kappa shape index (κ3) is 6.65. The van der Waals surface area contributed by atoms with Crippen molar-refractivity contribution in [1.29, 1.82) is 0 Å². The van der Waals surface area contributed by atoms with Gasteiger partial charge in [-0.25, -0.2) is 14.4 Å². The summed E-state index contributed by atoms with van der Waals surface area (Å²) in [6.45, 7) is 2.47. The van der Waals surface area contributed by atoms with Crippen LogP contribution in [-0.2, 0) is 33.1 Å². The maximum Gasteiger partial charge on any atom is 0.416 e. The van der Waals surface area contributed by atoms with Crippen LogP contribution in [0.5, 0.6) is 5.75 Å². The Morgan fingerprint density at radius 3 is 2.00 bits per heavy atom. The van der Waals surface area contributed by atoms with Gasteiger partial charge in [-0.05, 0) is 55.7 Å². The number of hydrogen-bond acceptors (Lipinski definition) is 7. The van der Waals surface area contributed by atoms with Crippen molar-refractivity contribution in [3.05, 3.63) is 58.1 Å². The first-order valence-electron chi connectivity index (χ1n) is 12.5. The van der Waals surface area contributed by atoms with Gasteiger partial charge >= 0.3 is 30.5 Å². The molecule has 0 bridgehead atoms. The summed E-state index contributed by atoms with van der Waals surface area (Å²) in [6.07, 6.45) is -12.1. The summed E-state index contributed by atoms with van der Waals surface area (Å²) in [4.78, 5) is 40.7. The van der Waals surface area contributed by atoms with Gasteiger partial charge in [0.25, 0.3) is 0 Å². The molecule has 42 heavy (non-hydrogen) atoms. The lowest BCUT2D eigenvalue weighted by molar-refractivity contribution is -0.143. The van der Waals surface area contributed by atoms with Crippen LogP contribution in [0.1, 0.15) is 58.9 Å². The van der Waals surface area contributed by atoms with E-state index in [1.807, 2.05) is 0 Å². The Labute approximate surface area is 236 Å². The first kappa shape index (κ1) is 32.3. The minimum atomic E-state index is -5.11. The second-order valence-corrected chi connectivity index (χ2v) is 9.28. The standard InChI is InChI=1S/C27H28F6N2O7/c1-6-42-25(38)35-14(2)7-20(18-11-19(23(36)40-4)22(39-3)12-21(18)35)34(24(37)41-5)13-15-8-16(26(28,29)30)10-17(9-15)27(31,32)33/h8-12,14,20H,6-7,13H2,1-5H3/t14?,20-/m0/s1. The number of nitrogens with zero attached hydrogens (tertiary/aromatic N) is 2. The molecule has 3 rings (SSSR count). The summed E-state index contributed by atoms with van der Waals surface area (Å²) in [7, 11) is 3.37. The van der Waals surface area contributed by atoms with E-state index in [9.17, 15) is 40.7 Å². The highest BCUT2D eigenvalue weighted by Crippen LogP contribution is 2.45. The fourth-order valence-corrected chi connectivity index (χ4v) is 4.79. The molecule has 2 aromatic carbocycles. The molecule has 0 saturated heterocycles. The van der Waals surface area contributed by atoms with Crippen LogP contribution in [0, 0.1) is 0 Å². The van der Waals surface area contributed by atoms with E-state index in [2.05, 4.69) is 0 Å². The first-order chi connectivity index (χ1) is 19.6. The number of ether oxygens (including phenoxy) is 4. The van der Waals surface area contributed by atoms with Crippen LogP contribution < -0.4 is 9.64 Å². The van der Waals surface area contributed by atoms with Crippen molar-refractivity contribution >= 4 is 23.8 Å². The fraction of sp³-hybridized carbons (Fsp3) is 0.444. The number of anilines is 1. The number of esters is 1. The van der Waals surface area contributed by atoms with Gasteiger partial charge in [-0.15, -0.1) is 0 Å². The van der Waals surface area contributed by atoms with E-state index >= 15 is 0 Å². The lowest BCUT2D eigenvalue weighted by Gasteiger charge is -2.42.